The molecule has 0 aliphatic carbocycles. The van der Waals surface area contributed by atoms with Gasteiger partial charge in [0, 0.05) is 6.42 Å². The Morgan fingerprint density at radius 1 is 0.479 bits per heavy atom. The number of likely N-dealkylation sites (N-methyl/N-ethyl adjacent to an activating group) is 1. The van der Waals surface area contributed by atoms with Gasteiger partial charge in [0.15, 0.2) is 0 Å². The number of allylic oxidation sites excluding steroid dienone is 9. The molecule has 0 radical (unpaired) electrons. The Morgan fingerprint density at radius 2 is 0.808 bits per heavy atom. The van der Waals surface area contributed by atoms with Crippen LogP contribution in [-0.4, -0.2) is 68.5 Å². The fourth-order valence-electron chi connectivity index (χ4n) is 9.06. The molecule has 3 unspecified atom stereocenters. The number of carbonyl (C=O) groups excluding carboxylic acids is 1. The second-order valence-electron chi connectivity index (χ2n) is 22.4. The molecule has 0 bridgehead atoms. The lowest BCUT2D eigenvalue weighted by Gasteiger charge is -2.29. The lowest BCUT2D eigenvalue weighted by atomic mass is 10.0. The molecule has 1 amide bonds. The van der Waals surface area contributed by atoms with E-state index in [0.717, 1.165) is 51.4 Å². The normalized spacial score (nSPS) is 14.2. The third-order valence-electron chi connectivity index (χ3n) is 13.9. The van der Waals surface area contributed by atoms with Gasteiger partial charge in [0.25, 0.3) is 7.82 Å². The number of aliphatic hydroxyl groups is 1. The summed E-state index contributed by atoms with van der Waals surface area (Å²) in [4.78, 5) is 25.4. The van der Waals surface area contributed by atoms with Crippen molar-refractivity contribution in [1.29, 1.82) is 0 Å². The lowest BCUT2D eigenvalue weighted by molar-refractivity contribution is -0.870. The van der Waals surface area contributed by atoms with Crippen LogP contribution in [0.3, 0.4) is 0 Å². The maximum atomic E-state index is 12.9. The summed E-state index contributed by atoms with van der Waals surface area (Å²) in [6, 6.07) is -0.902. The minimum absolute atomic E-state index is 0.00609. The molecule has 73 heavy (non-hydrogen) atoms. The molecule has 428 valence electrons. The number of amides is 1. The SMILES string of the molecule is CCCCCCC/C=C\C/C=C\C/C=C\CCCCCCCCCCCCCCCCCCCCCCCCCCC(=O)NC(COP(=O)([O-])OCC[N+](C)(C)C)C(O)/C=C/CC/C=C/CCCCCCCC. The zero-order valence-electron chi connectivity index (χ0n) is 48.8. The number of quaternary nitrogens is 1. The van der Waals surface area contributed by atoms with E-state index in [-0.39, 0.29) is 12.5 Å². The van der Waals surface area contributed by atoms with Crippen molar-refractivity contribution in [3.8, 4) is 0 Å². The Balaban J connectivity index is 3.88. The van der Waals surface area contributed by atoms with Crippen molar-refractivity contribution in [3.63, 3.8) is 0 Å². The molecule has 2 N–H and O–H groups in total. The molecule has 0 saturated carbocycles. The van der Waals surface area contributed by atoms with E-state index in [1.165, 1.54) is 218 Å². The summed E-state index contributed by atoms with van der Waals surface area (Å²) in [5, 5.41) is 13.8. The number of hydrogen-bond acceptors (Lipinski definition) is 6. The number of rotatable bonds is 57. The molecule has 0 fully saturated rings. The summed E-state index contributed by atoms with van der Waals surface area (Å²) < 4.78 is 23.3. The summed E-state index contributed by atoms with van der Waals surface area (Å²) >= 11 is 0. The topological polar surface area (TPSA) is 108 Å². The first kappa shape index (κ1) is 71.2. The Kier molecular flexibility index (Phi) is 53.6. The van der Waals surface area contributed by atoms with Gasteiger partial charge in [-0.2, -0.15) is 0 Å². The number of phosphoric acid groups is 1. The van der Waals surface area contributed by atoms with Crippen LogP contribution in [-0.2, 0) is 18.4 Å². The Morgan fingerprint density at radius 3 is 1.21 bits per heavy atom. The smallest absolute Gasteiger partial charge is 0.268 e. The van der Waals surface area contributed by atoms with Gasteiger partial charge in [-0.1, -0.05) is 274 Å². The number of nitrogens with one attached hydrogen (secondary N) is 1. The Hall–Kier alpha value is -1.80. The van der Waals surface area contributed by atoms with Crippen molar-refractivity contribution in [3.05, 3.63) is 60.8 Å². The van der Waals surface area contributed by atoms with Crippen LogP contribution in [0.2, 0.25) is 0 Å². The highest BCUT2D eigenvalue weighted by atomic mass is 31.2. The van der Waals surface area contributed by atoms with Crippen molar-refractivity contribution in [2.75, 3.05) is 40.9 Å². The number of aliphatic hydroxyl groups excluding tert-OH is 1. The summed E-state index contributed by atoms with van der Waals surface area (Å²) in [6.07, 6.45) is 74.9. The first-order valence-electron chi connectivity index (χ1n) is 31.2. The van der Waals surface area contributed by atoms with E-state index in [1.54, 1.807) is 6.08 Å². The van der Waals surface area contributed by atoms with Crippen LogP contribution in [0.1, 0.15) is 290 Å². The molecule has 0 heterocycles. The number of hydrogen-bond donors (Lipinski definition) is 2. The Bertz CT molecular complexity index is 1370. The van der Waals surface area contributed by atoms with Crippen molar-refractivity contribution in [2.24, 2.45) is 0 Å². The van der Waals surface area contributed by atoms with E-state index in [2.05, 4.69) is 67.8 Å². The minimum Gasteiger partial charge on any atom is -0.756 e. The summed E-state index contributed by atoms with van der Waals surface area (Å²) in [5.41, 5.74) is 0. The molecule has 8 nitrogen and oxygen atoms in total. The van der Waals surface area contributed by atoms with Crippen LogP contribution in [0.5, 0.6) is 0 Å². The highest BCUT2D eigenvalue weighted by Gasteiger charge is 2.23. The highest BCUT2D eigenvalue weighted by molar-refractivity contribution is 7.45. The molecule has 9 heteroatoms. The van der Waals surface area contributed by atoms with Crippen LogP contribution >= 0.6 is 7.82 Å². The molecule has 0 aromatic rings. The number of unbranched alkanes of at least 4 members (excludes halogenated alkanes) is 36. The molecule has 3 atom stereocenters. The predicted molar refractivity (Wildman–Crippen MR) is 316 cm³/mol. The molecule has 0 spiro atoms. The van der Waals surface area contributed by atoms with E-state index in [0.29, 0.717) is 17.4 Å². The van der Waals surface area contributed by atoms with E-state index >= 15 is 0 Å². The van der Waals surface area contributed by atoms with Gasteiger partial charge in [0.1, 0.15) is 13.2 Å². The molecule has 0 aliphatic rings. The van der Waals surface area contributed by atoms with Gasteiger partial charge in [0.05, 0.1) is 39.9 Å². The van der Waals surface area contributed by atoms with Gasteiger partial charge in [-0.25, -0.2) is 0 Å². The van der Waals surface area contributed by atoms with Crippen molar-refractivity contribution in [1.82, 2.24) is 5.32 Å². The van der Waals surface area contributed by atoms with Crippen LogP contribution in [0, 0.1) is 0 Å². The predicted octanol–water partition coefficient (Wildman–Crippen LogP) is 18.6. The molecular weight excluding hydrogens is 924 g/mol. The van der Waals surface area contributed by atoms with Gasteiger partial charge in [-0.15, -0.1) is 0 Å². The van der Waals surface area contributed by atoms with E-state index < -0.39 is 26.6 Å². The Labute approximate surface area is 453 Å². The van der Waals surface area contributed by atoms with E-state index in [9.17, 15) is 19.4 Å². The van der Waals surface area contributed by atoms with E-state index in [4.69, 9.17) is 9.05 Å². The lowest BCUT2D eigenvalue weighted by Crippen LogP contribution is -2.45. The average Bonchev–Trinajstić information content (AvgIpc) is 3.35. The third kappa shape index (κ3) is 57.7. The molecule has 0 aromatic heterocycles. The summed E-state index contributed by atoms with van der Waals surface area (Å²) in [7, 11) is 1.25. The largest absolute Gasteiger partial charge is 0.756 e. The maximum absolute atomic E-state index is 12.9. The number of nitrogens with zero attached hydrogens (tertiary/aromatic N) is 1. The number of phosphoric ester groups is 1. The first-order valence-corrected chi connectivity index (χ1v) is 32.6. The van der Waals surface area contributed by atoms with Crippen LogP contribution < -0.4 is 10.2 Å². The quantitative estimate of drug-likeness (QED) is 0.0272. The number of carbonyl (C=O) groups is 1. The van der Waals surface area contributed by atoms with Crippen molar-refractivity contribution in [2.45, 2.75) is 302 Å². The van der Waals surface area contributed by atoms with E-state index in [1.807, 2.05) is 27.2 Å². The monoisotopic (exact) mass is 1040 g/mol. The average molecular weight is 1050 g/mol. The van der Waals surface area contributed by atoms with Crippen LogP contribution in [0.4, 0.5) is 0 Å². The zero-order valence-corrected chi connectivity index (χ0v) is 49.7. The minimum atomic E-state index is -4.60. The molecule has 0 aromatic carbocycles. The second kappa shape index (κ2) is 55.0. The van der Waals surface area contributed by atoms with Crippen LogP contribution in [0.25, 0.3) is 0 Å². The summed E-state index contributed by atoms with van der Waals surface area (Å²) in [5.74, 6) is -0.205. The molecule has 0 saturated heterocycles. The molecule has 0 aliphatic heterocycles. The van der Waals surface area contributed by atoms with Gasteiger partial charge in [-0.3, -0.25) is 9.36 Å². The van der Waals surface area contributed by atoms with Gasteiger partial charge in [-0.05, 0) is 70.6 Å². The van der Waals surface area contributed by atoms with Crippen molar-refractivity contribution < 1.29 is 32.9 Å². The second-order valence-corrected chi connectivity index (χ2v) is 23.8. The zero-order chi connectivity index (χ0) is 53.5. The first-order chi connectivity index (χ1) is 35.5. The highest BCUT2D eigenvalue weighted by Crippen LogP contribution is 2.38. The fraction of sp³-hybridized carbons (Fsp3) is 0.828. The van der Waals surface area contributed by atoms with Gasteiger partial charge in [0.2, 0.25) is 5.91 Å². The third-order valence-corrected chi connectivity index (χ3v) is 14.9. The summed E-state index contributed by atoms with van der Waals surface area (Å²) in [6.45, 7) is 4.61. The van der Waals surface area contributed by atoms with Crippen molar-refractivity contribution >= 4 is 13.7 Å². The van der Waals surface area contributed by atoms with Gasteiger partial charge < -0.3 is 28.8 Å². The molecule has 0 rings (SSSR count). The molecular formula is C64H121N2O6P. The van der Waals surface area contributed by atoms with Gasteiger partial charge >= 0.3 is 0 Å². The standard InChI is InChI=1S/C64H121N2O6P/c1-6-8-10-12-14-16-18-20-21-22-23-24-25-26-27-28-29-30-31-32-33-34-35-36-37-38-39-40-41-42-43-44-45-46-48-50-52-54-56-58-64(68)65-62(61-72-73(69,70)71-60-59-66(3,4)5)63(67)57-55-53-51-49-47-19-17-15-13-11-9-7-2/h18,20,22-23,25-26,47,49,55,57,62-63,67H,6-17,19,21,24,27-46,48,50-54,56,58-61H2,1-5H3,(H-,65,68,69,70)/b20-18-,23-22-,26-25-,49-47+,57-55+. The fourth-order valence-corrected chi connectivity index (χ4v) is 9.78. The van der Waals surface area contributed by atoms with Crippen LogP contribution in [0.15, 0.2) is 60.8 Å². The maximum Gasteiger partial charge on any atom is 0.268 e.